The number of sulfone groups is 1. The number of likely N-dealkylation sites (tertiary alicyclic amines) is 1. The summed E-state index contributed by atoms with van der Waals surface area (Å²) in [5.74, 6) is 2.43. The SMILES string of the molecule is CN(CC1CCN(Cc2cc(Oc3ccc(N4CCN(CCCS(C)(=O)=O)CC4)nc3)nc(-c3cc(Cl)cc(Cl)c3)c2)CC1)C(=O)O. The van der Waals surface area contributed by atoms with E-state index in [4.69, 9.17) is 32.9 Å². The Kier molecular flexibility index (Phi) is 11.8. The third kappa shape index (κ3) is 10.7. The van der Waals surface area contributed by atoms with Crippen LogP contribution in [0.15, 0.2) is 48.7 Å². The molecular formula is C33H42Cl2N6O5S. The molecule has 2 aliphatic heterocycles. The predicted octanol–water partition coefficient (Wildman–Crippen LogP) is 5.62. The Hall–Kier alpha value is -3.16. The molecule has 4 heterocycles. The number of hydrogen-bond acceptors (Lipinski definition) is 9. The van der Waals surface area contributed by atoms with Gasteiger partial charge < -0.3 is 19.6 Å². The van der Waals surface area contributed by atoms with Crippen molar-refractivity contribution in [1.29, 1.82) is 0 Å². The minimum atomic E-state index is -2.94. The van der Waals surface area contributed by atoms with Gasteiger partial charge in [-0.3, -0.25) is 9.80 Å². The number of amides is 1. The summed E-state index contributed by atoms with van der Waals surface area (Å²) in [6, 6.07) is 13.2. The van der Waals surface area contributed by atoms with Gasteiger partial charge in [0.15, 0.2) is 0 Å². The number of carbonyl (C=O) groups is 1. The van der Waals surface area contributed by atoms with Crippen molar-refractivity contribution in [2.24, 2.45) is 5.92 Å². The van der Waals surface area contributed by atoms with E-state index in [2.05, 4.69) is 19.7 Å². The van der Waals surface area contributed by atoms with Gasteiger partial charge in [-0.2, -0.15) is 0 Å². The number of carboxylic acid groups (broad SMARTS) is 1. The molecule has 11 nitrogen and oxygen atoms in total. The minimum absolute atomic E-state index is 0.217. The molecule has 1 amide bonds. The number of piperidine rings is 1. The second kappa shape index (κ2) is 15.8. The van der Waals surface area contributed by atoms with E-state index in [1.54, 1.807) is 19.3 Å². The van der Waals surface area contributed by atoms with E-state index < -0.39 is 15.9 Å². The van der Waals surface area contributed by atoms with Gasteiger partial charge in [0.1, 0.15) is 21.4 Å². The van der Waals surface area contributed by atoms with Crippen LogP contribution >= 0.6 is 23.2 Å². The van der Waals surface area contributed by atoms with Crippen molar-refractivity contribution < 1.29 is 23.1 Å². The molecule has 0 spiro atoms. The van der Waals surface area contributed by atoms with E-state index in [9.17, 15) is 18.3 Å². The lowest BCUT2D eigenvalue weighted by Crippen LogP contribution is -2.47. The van der Waals surface area contributed by atoms with Crippen LogP contribution in [0.3, 0.4) is 0 Å². The molecule has 2 saturated heterocycles. The first-order valence-electron chi connectivity index (χ1n) is 15.8. The molecule has 14 heteroatoms. The molecule has 0 aliphatic carbocycles. The van der Waals surface area contributed by atoms with E-state index in [-0.39, 0.29) is 5.75 Å². The molecular weight excluding hydrogens is 663 g/mol. The summed E-state index contributed by atoms with van der Waals surface area (Å²) in [7, 11) is -1.31. The molecule has 254 valence electrons. The number of piperazine rings is 1. The number of ether oxygens (including phenoxy) is 1. The zero-order valence-electron chi connectivity index (χ0n) is 26.8. The summed E-state index contributed by atoms with van der Waals surface area (Å²) in [6.07, 6.45) is 4.60. The molecule has 5 rings (SSSR count). The number of rotatable bonds is 12. The fourth-order valence-electron chi connectivity index (χ4n) is 6.09. The molecule has 2 fully saturated rings. The standard InChI is InChI=1S/C33H42Cl2N6O5S/c1-38(33(42)43)22-24-6-9-40(10-7-24)23-25-16-30(26-18-27(34)20-28(35)19-26)37-32(17-25)46-29-4-5-31(36-21-29)41-13-11-39(12-14-41)8-3-15-47(2,44)45/h4-5,16-21,24H,3,6-15,22-23H2,1-2H3,(H,42,43). The van der Waals surface area contributed by atoms with E-state index in [1.807, 2.05) is 36.4 Å². The Balaban J connectivity index is 1.24. The predicted molar refractivity (Wildman–Crippen MR) is 186 cm³/mol. The Bertz CT molecular complexity index is 1610. The van der Waals surface area contributed by atoms with Gasteiger partial charge in [0.05, 0.1) is 17.6 Å². The average Bonchev–Trinajstić information content (AvgIpc) is 3.01. The van der Waals surface area contributed by atoms with Crippen LogP contribution in [0.2, 0.25) is 10.0 Å². The quantitative estimate of drug-likeness (QED) is 0.254. The minimum Gasteiger partial charge on any atom is -0.465 e. The highest BCUT2D eigenvalue weighted by atomic mass is 35.5. The van der Waals surface area contributed by atoms with Crippen molar-refractivity contribution in [1.82, 2.24) is 24.7 Å². The molecule has 2 aliphatic rings. The smallest absolute Gasteiger partial charge is 0.407 e. The van der Waals surface area contributed by atoms with Crippen LogP contribution in [0.4, 0.5) is 10.6 Å². The summed E-state index contributed by atoms with van der Waals surface area (Å²) < 4.78 is 29.1. The average molecular weight is 706 g/mol. The summed E-state index contributed by atoms with van der Waals surface area (Å²) in [4.78, 5) is 29.0. The van der Waals surface area contributed by atoms with Crippen LogP contribution < -0.4 is 9.64 Å². The van der Waals surface area contributed by atoms with Gasteiger partial charge in [0.25, 0.3) is 0 Å². The molecule has 2 aromatic heterocycles. The van der Waals surface area contributed by atoms with Crippen LogP contribution in [-0.4, -0.2) is 116 Å². The first kappa shape index (κ1) is 35.2. The number of nitrogens with zero attached hydrogens (tertiary/aromatic N) is 6. The maximum absolute atomic E-state index is 11.4. The van der Waals surface area contributed by atoms with E-state index in [0.717, 1.165) is 75.6 Å². The maximum Gasteiger partial charge on any atom is 0.407 e. The topological polar surface area (TPSA) is 119 Å². The fourth-order valence-corrected chi connectivity index (χ4v) is 7.27. The zero-order valence-corrected chi connectivity index (χ0v) is 29.1. The lowest BCUT2D eigenvalue weighted by atomic mass is 9.96. The number of hydrogen-bond donors (Lipinski definition) is 1. The van der Waals surface area contributed by atoms with Gasteiger partial charge in [0, 0.05) is 74.2 Å². The largest absolute Gasteiger partial charge is 0.465 e. The highest BCUT2D eigenvalue weighted by Gasteiger charge is 2.23. The van der Waals surface area contributed by atoms with E-state index in [1.165, 1.54) is 11.2 Å². The maximum atomic E-state index is 11.4. The molecule has 1 aromatic carbocycles. The number of aromatic nitrogens is 2. The van der Waals surface area contributed by atoms with E-state index in [0.29, 0.717) is 52.8 Å². The summed E-state index contributed by atoms with van der Waals surface area (Å²) in [5.41, 5.74) is 2.51. The Morgan fingerprint density at radius 2 is 1.70 bits per heavy atom. The van der Waals surface area contributed by atoms with Crippen LogP contribution in [-0.2, 0) is 16.4 Å². The number of halogens is 2. The van der Waals surface area contributed by atoms with Crippen LogP contribution in [0, 0.1) is 5.92 Å². The first-order valence-corrected chi connectivity index (χ1v) is 18.6. The van der Waals surface area contributed by atoms with Gasteiger partial charge in [-0.1, -0.05) is 23.2 Å². The summed E-state index contributed by atoms with van der Waals surface area (Å²) >= 11 is 12.7. The Morgan fingerprint density at radius 1 is 1.00 bits per heavy atom. The molecule has 0 bridgehead atoms. The van der Waals surface area contributed by atoms with Gasteiger partial charge in [0.2, 0.25) is 5.88 Å². The molecule has 47 heavy (non-hydrogen) atoms. The lowest BCUT2D eigenvalue weighted by Gasteiger charge is -2.35. The van der Waals surface area contributed by atoms with Crippen LogP contribution in [0.5, 0.6) is 11.6 Å². The van der Waals surface area contributed by atoms with Gasteiger partial charge in [-0.05, 0) is 86.8 Å². The molecule has 3 aromatic rings. The molecule has 0 saturated carbocycles. The van der Waals surface area contributed by atoms with E-state index >= 15 is 0 Å². The fraction of sp³-hybridized carbons (Fsp3) is 0.485. The summed E-state index contributed by atoms with van der Waals surface area (Å²) in [6.45, 7) is 7.10. The molecule has 0 atom stereocenters. The molecule has 0 radical (unpaired) electrons. The second-order valence-corrected chi connectivity index (χ2v) is 15.6. The molecule has 0 unspecified atom stereocenters. The Morgan fingerprint density at radius 3 is 2.32 bits per heavy atom. The summed E-state index contributed by atoms with van der Waals surface area (Å²) in [5, 5.41) is 10.3. The highest BCUT2D eigenvalue weighted by Crippen LogP contribution is 2.31. The zero-order chi connectivity index (χ0) is 33.6. The highest BCUT2D eigenvalue weighted by molar-refractivity contribution is 7.90. The third-order valence-corrected chi connectivity index (χ3v) is 10.1. The van der Waals surface area contributed by atoms with Crippen LogP contribution in [0.25, 0.3) is 11.3 Å². The number of anilines is 1. The van der Waals surface area contributed by atoms with Gasteiger partial charge in [-0.25, -0.2) is 23.2 Å². The van der Waals surface area contributed by atoms with Crippen molar-refractivity contribution in [3.05, 3.63) is 64.3 Å². The van der Waals surface area contributed by atoms with Gasteiger partial charge in [-0.15, -0.1) is 0 Å². The van der Waals surface area contributed by atoms with Gasteiger partial charge >= 0.3 is 6.09 Å². The molecule has 1 N–H and O–H groups in total. The van der Waals surface area contributed by atoms with Crippen molar-refractivity contribution in [2.75, 3.05) is 76.3 Å². The van der Waals surface area contributed by atoms with Crippen molar-refractivity contribution in [3.8, 4) is 22.9 Å². The first-order chi connectivity index (χ1) is 22.4. The monoisotopic (exact) mass is 704 g/mol. The number of pyridine rings is 2. The number of benzene rings is 1. The van der Waals surface area contributed by atoms with Crippen molar-refractivity contribution >= 4 is 45.0 Å². The third-order valence-electron chi connectivity index (χ3n) is 8.62. The lowest BCUT2D eigenvalue weighted by molar-refractivity contribution is 0.126. The Labute approximate surface area is 287 Å². The van der Waals surface area contributed by atoms with Crippen LogP contribution in [0.1, 0.15) is 24.8 Å². The normalized spacial score (nSPS) is 16.7. The van der Waals surface area contributed by atoms with Crippen molar-refractivity contribution in [2.45, 2.75) is 25.8 Å². The van der Waals surface area contributed by atoms with Crippen molar-refractivity contribution in [3.63, 3.8) is 0 Å². The second-order valence-electron chi connectivity index (χ2n) is 12.5.